The maximum Gasteiger partial charge on any atom is 0.140 e. The molecule has 0 atom stereocenters. The molecule has 0 radical (unpaired) electrons. The van der Waals surface area contributed by atoms with E-state index in [1.54, 1.807) is 0 Å². The quantitative estimate of drug-likeness (QED) is 0.669. The smallest absolute Gasteiger partial charge is 0.140 e. The second-order valence-electron chi connectivity index (χ2n) is 3.53. The number of rotatable bonds is 1. The minimum atomic E-state index is 1.04. The Kier molecular flexibility index (Phi) is 2.12. The Morgan fingerprint density at radius 1 is 1.07 bits per heavy atom. The minimum Gasteiger partial charge on any atom is -0.331 e. The lowest BCUT2D eigenvalue weighted by molar-refractivity contribution is 0.881. The summed E-state index contributed by atoms with van der Waals surface area (Å²) in [7, 11) is 2.05. The van der Waals surface area contributed by atoms with Crippen LogP contribution in [0.25, 0.3) is 11.4 Å². The van der Waals surface area contributed by atoms with Crippen LogP contribution in [0, 0.1) is 13.8 Å². The van der Waals surface area contributed by atoms with Gasteiger partial charge in [-0.05, 0) is 13.8 Å². The Balaban J connectivity index is 2.58. The zero-order valence-electron chi connectivity index (χ0n) is 8.78. The van der Waals surface area contributed by atoms with E-state index in [-0.39, 0.29) is 0 Å². The van der Waals surface area contributed by atoms with Crippen LogP contribution in [0.5, 0.6) is 0 Å². The summed E-state index contributed by atoms with van der Waals surface area (Å²) in [5.41, 5.74) is 3.50. The van der Waals surface area contributed by atoms with Crippen LogP contribution in [0.1, 0.15) is 11.4 Å². The van der Waals surface area contributed by atoms with Gasteiger partial charge in [0.25, 0.3) is 0 Å². The summed E-state index contributed by atoms with van der Waals surface area (Å²) < 4.78 is 2.13. The number of benzene rings is 1. The van der Waals surface area contributed by atoms with Gasteiger partial charge in [-0.2, -0.15) is 0 Å². The van der Waals surface area contributed by atoms with Crippen LogP contribution in [-0.4, -0.2) is 9.55 Å². The van der Waals surface area contributed by atoms with Crippen molar-refractivity contribution in [1.82, 2.24) is 9.55 Å². The highest BCUT2D eigenvalue weighted by Gasteiger charge is 2.08. The molecule has 2 rings (SSSR count). The lowest BCUT2D eigenvalue weighted by Gasteiger charge is -2.02. The molecule has 14 heavy (non-hydrogen) atoms. The second-order valence-corrected chi connectivity index (χ2v) is 3.53. The molecule has 0 bridgehead atoms. The van der Waals surface area contributed by atoms with Crippen LogP contribution in [-0.2, 0) is 7.05 Å². The number of hydrogen-bond acceptors (Lipinski definition) is 1. The van der Waals surface area contributed by atoms with Gasteiger partial charge in [0.2, 0.25) is 0 Å². The van der Waals surface area contributed by atoms with Crippen LogP contribution in [0.4, 0.5) is 0 Å². The number of aromatic nitrogens is 2. The van der Waals surface area contributed by atoms with Crippen LogP contribution < -0.4 is 0 Å². The van der Waals surface area contributed by atoms with Crippen molar-refractivity contribution in [3.05, 3.63) is 41.7 Å². The first-order valence-electron chi connectivity index (χ1n) is 4.75. The Bertz CT molecular complexity index is 441. The zero-order valence-corrected chi connectivity index (χ0v) is 8.78. The number of nitrogens with zero attached hydrogens (tertiary/aromatic N) is 2. The summed E-state index contributed by atoms with van der Waals surface area (Å²) in [5.74, 6) is 1.04. The third kappa shape index (κ3) is 1.33. The Labute approximate surface area is 84.2 Å². The second kappa shape index (κ2) is 3.29. The van der Waals surface area contributed by atoms with Gasteiger partial charge >= 0.3 is 0 Å². The highest BCUT2D eigenvalue weighted by molar-refractivity contribution is 5.56. The predicted octanol–water partition coefficient (Wildman–Crippen LogP) is 2.70. The first kappa shape index (κ1) is 9.00. The van der Waals surface area contributed by atoms with E-state index in [1.165, 1.54) is 11.3 Å². The monoisotopic (exact) mass is 186 g/mol. The van der Waals surface area contributed by atoms with E-state index < -0.39 is 0 Å². The Morgan fingerprint density at radius 3 is 2.21 bits per heavy atom. The number of imidazole rings is 1. The van der Waals surface area contributed by atoms with Crippen LogP contribution >= 0.6 is 0 Å². The van der Waals surface area contributed by atoms with E-state index in [9.17, 15) is 0 Å². The maximum atomic E-state index is 4.54. The van der Waals surface area contributed by atoms with Crippen molar-refractivity contribution in [3.8, 4) is 11.4 Å². The molecule has 1 aromatic carbocycles. The summed E-state index contributed by atoms with van der Waals surface area (Å²) in [4.78, 5) is 4.54. The van der Waals surface area contributed by atoms with Crippen molar-refractivity contribution in [2.75, 3.05) is 0 Å². The van der Waals surface area contributed by atoms with E-state index >= 15 is 0 Å². The number of aryl methyl sites for hydroxylation is 1. The lowest BCUT2D eigenvalue weighted by Crippen LogP contribution is -1.94. The molecule has 0 spiro atoms. The molecule has 0 N–H and O–H groups in total. The first-order chi connectivity index (χ1) is 6.70. The molecule has 0 aliphatic rings. The molecule has 0 fully saturated rings. The van der Waals surface area contributed by atoms with Gasteiger partial charge < -0.3 is 4.57 Å². The van der Waals surface area contributed by atoms with Crippen LogP contribution in [0.15, 0.2) is 30.3 Å². The lowest BCUT2D eigenvalue weighted by atomic mass is 10.2. The van der Waals surface area contributed by atoms with Crippen molar-refractivity contribution in [3.63, 3.8) is 0 Å². The summed E-state index contributed by atoms with van der Waals surface area (Å²) >= 11 is 0. The summed E-state index contributed by atoms with van der Waals surface area (Å²) in [6.45, 7) is 4.14. The van der Waals surface area contributed by atoms with Crippen molar-refractivity contribution >= 4 is 0 Å². The molecule has 72 valence electrons. The minimum absolute atomic E-state index is 1.04. The Hall–Kier alpha value is -1.57. The van der Waals surface area contributed by atoms with Crippen molar-refractivity contribution in [2.45, 2.75) is 13.8 Å². The molecule has 1 aromatic heterocycles. The SMILES string of the molecule is Cc1nc(-c2ccccc2)n(C)c1C. The largest absolute Gasteiger partial charge is 0.331 e. The summed E-state index contributed by atoms with van der Waals surface area (Å²) in [6, 6.07) is 10.3. The van der Waals surface area contributed by atoms with Crippen LogP contribution in [0.3, 0.4) is 0 Å². The normalized spacial score (nSPS) is 10.5. The molecule has 0 amide bonds. The van der Waals surface area contributed by atoms with Gasteiger partial charge in [-0.3, -0.25) is 0 Å². The highest BCUT2D eigenvalue weighted by atomic mass is 15.1. The van der Waals surface area contributed by atoms with E-state index in [0.717, 1.165) is 11.5 Å². The fourth-order valence-electron chi connectivity index (χ4n) is 1.56. The van der Waals surface area contributed by atoms with Crippen molar-refractivity contribution < 1.29 is 0 Å². The molecule has 0 saturated carbocycles. The standard InChI is InChI=1S/C12H14N2/c1-9-10(2)14(3)12(13-9)11-7-5-4-6-8-11/h4-8H,1-3H3. The molecule has 2 nitrogen and oxygen atoms in total. The summed E-state index contributed by atoms with van der Waals surface area (Å²) in [5, 5.41) is 0. The fraction of sp³-hybridized carbons (Fsp3) is 0.250. The van der Waals surface area contributed by atoms with E-state index in [2.05, 4.69) is 35.7 Å². The fourth-order valence-corrected chi connectivity index (χ4v) is 1.56. The van der Waals surface area contributed by atoms with Gasteiger partial charge in [0.05, 0.1) is 5.69 Å². The topological polar surface area (TPSA) is 17.8 Å². The van der Waals surface area contributed by atoms with E-state index in [0.29, 0.717) is 0 Å². The molecule has 0 saturated heterocycles. The average molecular weight is 186 g/mol. The van der Waals surface area contributed by atoms with Crippen molar-refractivity contribution in [1.29, 1.82) is 0 Å². The van der Waals surface area contributed by atoms with Gasteiger partial charge in [0.1, 0.15) is 5.82 Å². The Morgan fingerprint density at radius 2 is 1.71 bits per heavy atom. The number of hydrogen-bond donors (Lipinski definition) is 0. The third-order valence-electron chi connectivity index (χ3n) is 2.65. The highest BCUT2D eigenvalue weighted by Crippen LogP contribution is 2.19. The molecule has 0 aliphatic heterocycles. The van der Waals surface area contributed by atoms with E-state index in [4.69, 9.17) is 0 Å². The molecule has 2 aromatic rings. The van der Waals surface area contributed by atoms with Gasteiger partial charge in [0.15, 0.2) is 0 Å². The van der Waals surface area contributed by atoms with Crippen LogP contribution in [0.2, 0.25) is 0 Å². The molecule has 1 heterocycles. The van der Waals surface area contributed by atoms with E-state index in [1.807, 2.05) is 25.1 Å². The maximum absolute atomic E-state index is 4.54. The predicted molar refractivity (Wildman–Crippen MR) is 58.1 cm³/mol. The first-order valence-corrected chi connectivity index (χ1v) is 4.75. The molecule has 0 aliphatic carbocycles. The van der Waals surface area contributed by atoms with Gasteiger partial charge in [0, 0.05) is 18.3 Å². The van der Waals surface area contributed by atoms with Crippen molar-refractivity contribution in [2.24, 2.45) is 7.05 Å². The molecule has 2 heteroatoms. The third-order valence-corrected chi connectivity index (χ3v) is 2.65. The van der Waals surface area contributed by atoms with Gasteiger partial charge in [-0.1, -0.05) is 30.3 Å². The average Bonchev–Trinajstić information content (AvgIpc) is 2.47. The molecule has 0 unspecified atom stereocenters. The molecular weight excluding hydrogens is 172 g/mol. The van der Waals surface area contributed by atoms with Gasteiger partial charge in [-0.25, -0.2) is 4.98 Å². The zero-order chi connectivity index (χ0) is 10.1. The molecular formula is C12H14N2. The van der Waals surface area contributed by atoms with Gasteiger partial charge in [-0.15, -0.1) is 0 Å². The summed E-state index contributed by atoms with van der Waals surface area (Å²) in [6.07, 6.45) is 0.